The third kappa shape index (κ3) is 2.74. The maximum absolute atomic E-state index is 11.6. The second-order valence-corrected chi connectivity index (χ2v) is 4.18. The first-order valence-electron chi connectivity index (χ1n) is 5.77. The molecule has 0 saturated carbocycles. The number of phenolic OH excluding ortho intramolecular Hbond substituents is 1. The van der Waals surface area contributed by atoms with Gasteiger partial charge in [-0.15, -0.1) is 0 Å². The zero-order valence-electron chi connectivity index (χ0n) is 10.6. The first kappa shape index (κ1) is 13.5. The van der Waals surface area contributed by atoms with Crippen LogP contribution in [-0.4, -0.2) is 16.2 Å². The molecule has 0 radical (unpaired) electrons. The highest BCUT2D eigenvalue weighted by Gasteiger charge is 2.06. The third-order valence-corrected chi connectivity index (χ3v) is 2.75. The van der Waals surface area contributed by atoms with E-state index >= 15 is 0 Å². The van der Waals surface area contributed by atoms with Crippen molar-refractivity contribution in [1.29, 1.82) is 0 Å². The van der Waals surface area contributed by atoms with Crippen LogP contribution in [0.4, 0.5) is 11.4 Å². The van der Waals surface area contributed by atoms with E-state index in [9.17, 15) is 20.3 Å². The summed E-state index contributed by atoms with van der Waals surface area (Å²) >= 11 is 0. The molecular weight excluding hydrogens is 260 g/mol. The Kier molecular flexibility index (Phi) is 3.65. The van der Waals surface area contributed by atoms with Crippen LogP contribution in [0.3, 0.4) is 0 Å². The van der Waals surface area contributed by atoms with Crippen LogP contribution in [0.2, 0.25) is 0 Å². The van der Waals surface area contributed by atoms with Gasteiger partial charge in [0, 0.05) is 18.3 Å². The molecule has 2 aromatic rings. The van der Waals surface area contributed by atoms with Crippen molar-refractivity contribution in [1.82, 2.24) is 0 Å². The number of hydrogen-bond donors (Lipinski definition) is 1. The lowest BCUT2D eigenvalue weighted by Gasteiger charge is -2.09. The van der Waals surface area contributed by atoms with Crippen LogP contribution >= 0.6 is 0 Å². The van der Waals surface area contributed by atoms with Crippen LogP contribution in [0.15, 0.2) is 41.4 Å². The lowest BCUT2D eigenvalue weighted by molar-refractivity contribution is -0.385. The highest BCUT2D eigenvalue weighted by Crippen LogP contribution is 2.30. The number of para-hydroxylation sites is 1. The van der Waals surface area contributed by atoms with Gasteiger partial charge < -0.3 is 10.2 Å². The molecule has 0 aliphatic heterocycles. The average Bonchev–Trinajstić information content (AvgIpc) is 2.39. The minimum atomic E-state index is -0.581. The summed E-state index contributed by atoms with van der Waals surface area (Å²) in [7, 11) is 0. The SMILES string of the molecule is Cc1cccc(O)c1N=Cc1cc([N+](=O)[O-])ccc1[O-]. The van der Waals surface area contributed by atoms with Gasteiger partial charge in [0.05, 0.1) is 4.92 Å². The van der Waals surface area contributed by atoms with Gasteiger partial charge in [-0.05, 0) is 24.1 Å². The number of aromatic hydroxyl groups is 1. The van der Waals surface area contributed by atoms with Gasteiger partial charge in [0.1, 0.15) is 11.4 Å². The molecule has 6 heteroatoms. The zero-order chi connectivity index (χ0) is 14.7. The summed E-state index contributed by atoms with van der Waals surface area (Å²) in [6, 6.07) is 8.34. The largest absolute Gasteiger partial charge is 0.872 e. The Labute approximate surface area is 114 Å². The Bertz CT molecular complexity index is 675. The fourth-order valence-electron chi connectivity index (χ4n) is 1.70. The van der Waals surface area contributed by atoms with Crippen molar-refractivity contribution < 1.29 is 15.1 Å². The molecule has 0 saturated heterocycles. The van der Waals surface area contributed by atoms with E-state index in [1.54, 1.807) is 19.1 Å². The summed E-state index contributed by atoms with van der Waals surface area (Å²) in [5, 5.41) is 32.0. The van der Waals surface area contributed by atoms with Crippen molar-refractivity contribution in [3.8, 4) is 11.5 Å². The average molecular weight is 271 g/mol. The molecule has 0 aliphatic rings. The number of aliphatic imine (C=N–C) groups is 1. The predicted octanol–water partition coefficient (Wildman–Crippen LogP) is 2.43. The molecule has 6 nitrogen and oxygen atoms in total. The van der Waals surface area contributed by atoms with Crippen LogP contribution in [0.25, 0.3) is 0 Å². The molecular formula is C14H11N2O4-. The maximum Gasteiger partial charge on any atom is 0.270 e. The minimum Gasteiger partial charge on any atom is -0.872 e. The Balaban J connectivity index is 2.41. The number of non-ortho nitro benzene ring substituents is 1. The van der Waals surface area contributed by atoms with Crippen LogP contribution in [0.5, 0.6) is 11.5 Å². The van der Waals surface area contributed by atoms with E-state index in [0.29, 0.717) is 5.69 Å². The number of nitro groups is 1. The van der Waals surface area contributed by atoms with E-state index in [1.807, 2.05) is 0 Å². The Morgan fingerprint density at radius 2 is 2.05 bits per heavy atom. The quantitative estimate of drug-likeness (QED) is 0.526. The van der Waals surface area contributed by atoms with Crippen molar-refractivity contribution >= 4 is 17.6 Å². The molecule has 0 spiro atoms. The topological polar surface area (TPSA) is 98.8 Å². The van der Waals surface area contributed by atoms with Gasteiger partial charge in [-0.25, -0.2) is 0 Å². The summed E-state index contributed by atoms with van der Waals surface area (Å²) in [5.41, 5.74) is 0.986. The second kappa shape index (κ2) is 5.40. The number of nitro benzene ring substituents is 1. The van der Waals surface area contributed by atoms with E-state index in [4.69, 9.17) is 0 Å². The zero-order valence-corrected chi connectivity index (χ0v) is 10.6. The first-order chi connectivity index (χ1) is 9.49. The molecule has 0 unspecified atom stereocenters. The summed E-state index contributed by atoms with van der Waals surface area (Å²) in [6.07, 6.45) is 1.22. The number of nitrogens with zero attached hydrogens (tertiary/aromatic N) is 2. The molecule has 0 aliphatic carbocycles. The standard InChI is InChI=1S/C14H12N2O4/c1-9-3-2-4-13(18)14(9)15-8-10-7-11(16(19)20)5-6-12(10)17/h2-8,17-18H,1H3/p-1. The molecule has 102 valence electrons. The van der Waals surface area contributed by atoms with E-state index in [0.717, 1.165) is 23.8 Å². The molecule has 0 heterocycles. The number of rotatable bonds is 3. The molecule has 0 fully saturated rings. The van der Waals surface area contributed by atoms with E-state index in [2.05, 4.69) is 4.99 Å². The number of benzene rings is 2. The molecule has 2 rings (SSSR count). The minimum absolute atomic E-state index is 0.0147. The van der Waals surface area contributed by atoms with Crippen molar-refractivity contribution in [2.24, 2.45) is 4.99 Å². The molecule has 0 amide bonds. The number of aryl methyl sites for hydroxylation is 1. The van der Waals surface area contributed by atoms with Crippen LogP contribution < -0.4 is 5.11 Å². The molecule has 2 aromatic carbocycles. The Hall–Kier alpha value is -2.89. The van der Waals surface area contributed by atoms with Gasteiger partial charge >= 0.3 is 0 Å². The fraction of sp³-hybridized carbons (Fsp3) is 0.0714. The van der Waals surface area contributed by atoms with Crippen molar-refractivity contribution in [3.63, 3.8) is 0 Å². The molecule has 20 heavy (non-hydrogen) atoms. The monoisotopic (exact) mass is 271 g/mol. The smallest absolute Gasteiger partial charge is 0.270 e. The van der Waals surface area contributed by atoms with Crippen LogP contribution in [0, 0.1) is 17.0 Å². The fourth-order valence-corrected chi connectivity index (χ4v) is 1.70. The summed E-state index contributed by atoms with van der Waals surface area (Å²) in [5.74, 6) is -0.383. The number of phenols is 1. The molecule has 0 atom stereocenters. The van der Waals surface area contributed by atoms with Crippen molar-refractivity contribution in [2.45, 2.75) is 6.92 Å². The summed E-state index contributed by atoms with van der Waals surface area (Å²) < 4.78 is 0. The maximum atomic E-state index is 11.6. The predicted molar refractivity (Wildman–Crippen MR) is 72.6 cm³/mol. The first-order valence-corrected chi connectivity index (χ1v) is 5.77. The van der Waals surface area contributed by atoms with Crippen molar-refractivity contribution in [2.75, 3.05) is 0 Å². The van der Waals surface area contributed by atoms with Crippen LogP contribution in [0.1, 0.15) is 11.1 Å². The van der Waals surface area contributed by atoms with Crippen molar-refractivity contribution in [3.05, 3.63) is 57.6 Å². The molecule has 0 aromatic heterocycles. The van der Waals surface area contributed by atoms with Gasteiger partial charge in [-0.1, -0.05) is 23.9 Å². The van der Waals surface area contributed by atoms with E-state index in [1.165, 1.54) is 12.3 Å². The third-order valence-electron chi connectivity index (χ3n) is 2.75. The van der Waals surface area contributed by atoms with Gasteiger partial charge in [0.2, 0.25) is 0 Å². The highest BCUT2D eigenvalue weighted by atomic mass is 16.6. The molecule has 0 bridgehead atoms. The normalized spacial score (nSPS) is 10.8. The van der Waals surface area contributed by atoms with E-state index < -0.39 is 4.92 Å². The molecule has 1 N–H and O–H groups in total. The van der Waals surface area contributed by atoms with Gasteiger partial charge in [-0.3, -0.25) is 15.1 Å². The van der Waals surface area contributed by atoms with Gasteiger partial charge in [0.15, 0.2) is 0 Å². The second-order valence-electron chi connectivity index (χ2n) is 4.18. The lowest BCUT2D eigenvalue weighted by atomic mass is 10.1. The van der Waals surface area contributed by atoms with Crippen LogP contribution in [-0.2, 0) is 0 Å². The van der Waals surface area contributed by atoms with Gasteiger partial charge in [0.25, 0.3) is 5.69 Å². The lowest BCUT2D eigenvalue weighted by Crippen LogP contribution is -1.98. The van der Waals surface area contributed by atoms with E-state index in [-0.39, 0.29) is 22.7 Å². The van der Waals surface area contributed by atoms with Gasteiger partial charge in [-0.2, -0.15) is 0 Å². The highest BCUT2D eigenvalue weighted by molar-refractivity contribution is 5.87. The Morgan fingerprint density at radius 3 is 2.70 bits per heavy atom. The Morgan fingerprint density at radius 1 is 1.30 bits per heavy atom. The summed E-state index contributed by atoms with van der Waals surface area (Å²) in [6.45, 7) is 1.76. The summed E-state index contributed by atoms with van der Waals surface area (Å²) in [4.78, 5) is 14.1. The number of hydrogen-bond acceptors (Lipinski definition) is 5.